The van der Waals surface area contributed by atoms with Gasteiger partial charge in [-0.05, 0) is 24.5 Å². The normalized spacial score (nSPS) is 11.1. The molecule has 4 heteroatoms. The second-order valence-electron chi connectivity index (χ2n) is 4.47. The molecule has 0 saturated heterocycles. The molecule has 1 N–H and O–H groups in total. The summed E-state index contributed by atoms with van der Waals surface area (Å²) in [7, 11) is 0. The predicted octanol–water partition coefficient (Wildman–Crippen LogP) is 3.23. The predicted molar refractivity (Wildman–Crippen MR) is 67.4 cm³/mol. The third kappa shape index (κ3) is 2.70. The summed E-state index contributed by atoms with van der Waals surface area (Å²) in [5, 5.41) is 3.64. The number of hydrogen-bond acceptors (Lipinski definition) is 3. The van der Waals surface area contributed by atoms with Crippen molar-refractivity contribution in [1.82, 2.24) is 9.97 Å². The van der Waals surface area contributed by atoms with Crippen LogP contribution in [0.15, 0.2) is 24.5 Å². The molecule has 0 aliphatic heterocycles. The summed E-state index contributed by atoms with van der Waals surface area (Å²) in [6.45, 7) is 5.10. The maximum atomic E-state index is 13.7. The number of fused-ring (bicyclic) bond motifs is 1. The Morgan fingerprint density at radius 1 is 1.29 bits per heavy atom. The Balaban J connectivity index is 2.27. The van der Waals surface area contributed by atoms with E-state index >= 15 is 0 Å². The first kappa shape index (κ1) is 11.8. The van der Waals surface area contributed by atoms with Gasteiger partial charge in [-0.15, -0.1) is 0 Å². The number of rotatable bonds is 4. The van der Waals surface area contributed by atoms with Crippen molar-refractivity contribution in [1.29, 1.82) is 0 Å². The van der Waals surface area contributed by atoms with Crippen molar-refractivity contribution in [3.8, 4) is 0 Å². The SMILES string of the molecule is CC(C)CCNc1ncnc2cccc(F)c12. The molecular weight excluding hydrogens is 217 g/mol. The lowest BCUT2D eigenvalue weighted by Crippen LogP contribution is -2.07. The Hall–Kier alpha value is -1.71. The van der Waals surface area contributed by atoms with Gasteiger partial charge in [-0.3, -0.25) is 0 Å². The molecule has 0 saturated carbocycles. The molecule has 0 fully saturated rings. The zero-order valence-corrected chi connectivity index (χ0v) is 10.1. The quantitative estimate of drug-likeness (QED) is 0.881. The molecule has 0 amide bonds. The van der Waals surface area contributed by atoms with Crippen LogP contribution in [0.5, 0.6) is 0 Å². The van der Waals surface area contributed by atoms with Gasteiger partial charge in [-0.1, -0.05) is 19.9 Å². The van der Waals surface area contributed by atoms with Crippen molar-refractivity contribution in [2.75, 3.05) is 11.9 Å². The van der Waals surface area contributed by atoms with E-state index in [-0.39, 0.29) is 5.82 Å². The standard InChI is InChI=1S/C13H16FN3/c1-9(2)6-7-15-13-12-10(14)4-3-5-11(12)16-8-17-13/h3-5,8-9H,6-7H2,1-2H3,(H,15,16,17). The highest BCUT2D eigenvalue weighted by atomic mass is 19.1. The van der Waals surface area contributed by atoms with Crippen LogP contribution in [0.3, 0.4) is 0 Å². The summed E-state index contributed by atoms with van der Waals surface area (Å²) in [5.74, 6) is 0.907. The average molecular weight is 233 g/mol. The Kier molecular flexibility index (Phi) is 3.52. The molecule has 0 unspecified atom stereocenters. The van der Waals surface area contributed by atoms with Gasteiger partial charge in [0.05, 0.1) is 10.9 Å². The maximum Gasteiger partial charge on any atom is 0.140 e. The molecule has 1 heterocycles. The van der Waals surface area contributed by atoms with Crippen LogP contribution in [0, 0.1) is 11.7 Å². The molecule has 0 radical (unpaired) electrons. The van der Waals surface area contributed by atoms with Crippen LogP contribution in [0.25, 0.3) is 10.9 Å². The summed E-state index contributed by atoms with van der Waals surface area (Å²) >= 11 is 0. The van der Waals surface area contributed by atoms with Crippen molar-refractivity contribution in [3.63, 3.8) is 0 Å². The van der Waals surface area contributed by atoms with Gasteiger partial charge in [-0.25, -0.2) is 14.4 Å². The molecule has 17 heavy (non-hydrogen) atoms. The van der Waals surface area contributed by atoms with Crippen LogP contribution in [0.4, 0.5) is 10.2 Å². The third-order valence-corrected chi connectivity index (χ3v) is 2.63. The molecule has 0 bridgehead atoms. The van der Waals surface area contributed by atoms with E-state index in [9.17, 15) is 4.39 Å². The molecule has 3 nitrogen and oxygen atoms in total. The summed E-state index contributed by atoms with van der Waals surface area (Å²) in [6.07, 6.45) is 2.49. The van der Waals surface area contributed by atoms with Crippen LogP contribution < -0.4 is 5.32 Å². The lowest BCUT2D eigenvalue weighted by molar-refractivity contribution is 0.606. The molecule has 0 aliphatic carbocycles. The highest BCUT2D eigenvalue weighted by molar-refractivity contribution is 5.89. The van der Waals surface area contributed by atoms with E-state index in [1.807, 2.05) is 0 Å². The van der Waals surface area contributed by atoms with E-state index < -0.39 is 0 Å². The van der Waals surface area contributed by atoms with Crippen LogP contribution in [-0.4, -0.2) is 16.5 Å². The van der Waals surface area contributed by atoms with Gasteiger partial charge in [0.25, 0.3) is 0 Å². The minimum absolute atomic E-state index is 0.282. The first-order chi connectivity index (χ1) is 8.18. The van der Waals surface area contributed by atoms with Gasteiger partial charge >= 0.3 is 0 Å². The number of anilines is 1. The first-order valence-electron chi connectivity index (χ1n) is 5.81. The van der Waals surface area contributed by atoms with Crippen molar-refractivity contribution < 1.29 is 4.39 Å². The Labute approximate surface area is 100 Å². The number of nitrogens with one attached hydrogen (secondary N) is 1. The third-order valence-electron chi connectivity index (χ3n) is 2.63. The van der Waals surface area contributed by atoms with E-state index in [0.29, 0.717) is 22.6 Å². The average Bonchev–Trinajstić information content (AvgIpc) is 2.29. The molecule has 0 atom stereocenters. The van der Waals surface area contributed by atoms with Gasteiger partial charge in [0.2, 0.25) is 0 Å². The van der Waals surface area contributed by atoms with E-state index in [2.05, 4.69) is 29.1 Å². The lowest BCUT2D eigenvalue weighted by atomic mass is 10.1. The molecule has 0 aliphatic rings. The number of benzene rings is 1. The minimum Gasteiger partial charge on any atom is -0.369 e. The molecule has 2 rings (SSSR count). The number of nitrogens with zero attached hydrogens (tertiary/aromatic N) is 2. The van der Waals surface area contributed by atoms with Crippen molar-refractivity contribution >= 4 is 16.7 Å². The summed E-state index contributed by atoms with van der Waals surface area (Å²) in [4.78, 5) is 8.16. The fourth-order valence-corrected chi connectivity index (χ4v) is 1.68. The lowest BCUT2D eigenvalue weighted by Gasteiger charge is -2.09. The largest absolute Gasteiger partial charge is 0.369 e. The van der Waals surface area contributed by atoms with Crippen LogP contribution >= 0.6 is 0 Å². The number of aromatic nitrogens is 2. The van der Waals surface area contributed by atoms with E-state index in [1.165, 1.54) is 12.4 Å². The zero-order valence-electron chi connectivity index (χ0n) is 10.1. The van der Waals surface area contributed by atoms with Crippen molar-refractivity contribution in [2.45, 2.75) is 20.3 Å². The molecule has 1 aromatic heterocycles. The molecular formula is C13H16FN3. The zero-order chi connectivity index (χ0) is 12.3. The van der Waals surface area contributed by atoms with E-state index in [0.717, 1.165) is 13.0 Å². The summed E-state index contributed by atoms with van der Waals surface area (Å²) in [5.41, 5.74) is 0.632. The second kappa shape index (κ2) is 5.08. The van der Waals surface area contributed by atoms with Gasteiger partial charge in [-0.2, -0.15) is 0 Å². The maximum absolute atomic E-state index is 13.7. The van der Waals surface area contributed by atoms with Crippen LogP contribution in [0.2, 0.25) is 0 Å². The molecule has 1 aromatic carbocycles. The first-order valence-corrected chi connectivity index (χ1v) is 5.81. The minimum atomic E-state index is -0.282. The monoisotopic (exact) mass is 233 g/mol. The Bertz CT molecular complexity index is 506. The van der Waals surface area contributed by atoms with Gasteiger partial charge < -0.3 is 5.32 Å². The fraction of sp³-hybridized carbons (Fsp3) is 0.385. The topological polar surface area (TPSA) is 37.8 Å². The Morgan fingerprint density at radius 2 is 2.12 bits per heavy atom. The summed E-state index contributed by atoms with van der Waals surface area (Å²) in [6, 6.07) is 4.87. The molecule has 90 valence electrons. The van der Waals surface area contributed by atoms with Gasteiger partial charge in [0.15, 0.2) is 0 Å². The van der Waals surface area contributed by atoms with E-state index in [4.69, 9.17) is 0 Å². The number of hydrogen-bond donors (Lipinski definition) is 1. The van der Waals surface area contributed by atoms with Crippen LogP contribution in [-0.2, 0) is 0 Å². The second-order valence-corrected chi connectivity index (χ2v) is 4.47. The highest BCUT2D eigenvalue weighted by Crippen LogP contribution is 2.22. The summed E-state index contributed by atoms with van der Waals surface area (Å²) < 4.78 is 13.7. The smallest absolute Gasteiger partial charge is 0.140 e. The van der Waals surface area contributed by atoms with Gasteiger partial charge in [0.1, 0.15) is 18.0 Å². The van der Waals surface area contributed by atoms with Crippen molar-refractivity contribution in [2.24, 2.45) is 5.92 Å². The van der Waals surface area contributed by atoms with Crippen LogP contribution in [0.1, 0.15) is 20.3 Å². The molecule has 2 aromatic rings. The van der Waals surface area contributed by atoms with Crippen molar-refractivity contribution in [3.05, 3.63) is 30.3 Å². The van der Waals surface area contributed by atoms with E-state index in [1.54, 1.807) is 12.1 Å². The molecule has 0 spiro atoms. The Morgan fingerprint density at radius 3 is 2.88 bits per heavy atom. The number of halogens is 1. The highest BCUT2D eigenvalue weighted by Gasteiger charge is 2.07. The fourth-order valence-electron chi connectivity index (χ4n) is 1.68. The van der Waals surface area contributed by atoms with Gasteiger partial charge in [0, 0.05) is 6.54 Å².